The summed E-state index contributed by atoms with van der Waals surface area (Å²) in [6.07, 6.45) is 12.9. The quantitative estimate of drug-likeness (QED) is 0.00599. The summed E-state index contributed by atoms with van der Waals surface area (Å²) in [5.74, 6) is -1.05. The third-order valence-corrected chi connectivity index (χ3v) is 16.1. The van der Waals surface area contributed by atoms with Gasteiger partial charge in [0.1, 0.15) is 17.3 Å². The molecule has 4 unspecified atom stereocenters. The SMILES string of the molecule is CC.CC(=N)N(C=N)C(C)CC1CCC(C)N1CCC(NC(=O)C1CCC(F)(F)CC1)c1ccccc1.N/N=C(\C=NCCOCCOCCOCCOCCOCCOCCOCCOCCC(=O)Oc1c(F)cc(F)cc1F)CCCCOc1ccc(OC2CCC2)cc1. The minimum atomic E-state index is -2.64. The van der Waals surface area contributed by atoms with Crippen LogP contribution in [-0.4, -0.2) is 201 Å². The number of hydrazone groups is 1. The molecule has 6 rings (SSSR count). The Morgan fingerprint density at radius 2 is 1.25 bits per heavy atom. The molecule has 21 nitrogen and oxygen atoms in total. The number of alkyl halides is 2. The molecule has 3 aliphatic rings. The molecule has 0 bridgehead atoms. The maximum atomic E-state index is 13.6. The molecule has 26 heteroatoms. The summed E-state index contributed by atoms with van der Waals surface area (Å²) in [4.78, 5) is 33.3. The number of ether oxygens (including phenoxy) is 11. The summed E-state index contributed by atoms with van der Waals surface area (Å²) in [7, 11) is 0. The van der Waals surface area contributed by atoms with Gasteiger partial charge in [0.25, 0.3) is 0 Å². The maximum Gasteiger partial charge on any atom is 0.313 e. The lowest BCUT2D eigenvalue weighted by atomic mass is 9.86. The van der Waals surface area contributed by atoms with Crippen molar-refractivity contribution in [3.05, 3.63) is 89.7 Å². The smallest absolute Gasteiger partial charge is 0.313 e. The summed E-state index contributed by atoms with van der Waals surface area (Å²) >= 11 is 0. The van der Waals surface area contributed by atoms with Gasteiger partial charge in [-0.1, -0.05) is 44.2 Å². The highest BCUT2D eigenvalue weighted by Gasteiger charge is 2.38. The number of amides is 1. The molecule has 540 valence electrons. The fourth-order valence-corrected chi connectivity index (χ4v) is 10.7. The molecule has 2 aliphatic carbocycles. The Morgan fingerprint density at radius 3 is 1.76 bits per heavy atom. The van der Waals surface area contributed by atoms with Crippen LogP contribution < -0.4 is 25.4 Å². The molecule has 0 radical (unpaired) electrons. The van der Waals surface area contributed by atoms with E-state index in [0.717, 1.165) is 87.1 Å². The summed E-state index contributed by atoms with van der Waals surface area (Å²) < 4.78 is 127. The Bertz CT molecular complexity index is 2640. The Morgan fingerprint density at radius 1 is 0.719 bits per heavy atom. The number of benzene rings is 3. The van der Waals surface area contributed by atoms with Crippen LogP contribution in [0.15, 0.2) is 76.8 Å². The summed E-state index contributed by atoms with van der Waals surface area (Å²) in [5, 5.41) is 22.6. The molecule has 1 amide bonds. The van der Waals surface area contributed by atoms with Gasteiger partial charge in [0.05, 0.1) is 155 Å². The highest BCUT2D eigenvalue weighted by atomic mass is 19.3. The van der Waals surface area contributed by atoms with Crippen LogP contribution in [0.5, 0.6) is 17.2 Å². The minimum absolute atomic E-state index is 0.0381. The Hall–Kier alpha value is -6.23. The highest BCUT2D eigenvalue weighted by Crippen LogP contribution is 2.37. The van der Waals surface area contributed by atoms with Crippen LogP contribution in [0.2, 0.25) is 0 Å². The molecular weight excluding hydrogens is 1260 g/mol. The van der Waals surface area contributed by atoms with Gasteiger partial charge in [-0.15, -0.1) is 0 Å². The molecule has 1 saturated heterocycles. The molecule has 0 spiro atoms. The standard InChI is InChI=1S/C41H60F3N3O12.C27H41F2N5O.C2H6/c42-33-30-38(43)41(39(44)31-33)59-40(48)11-14-49-16-18-51-20-22-53-24-26-55-28-29-56-27-25-54-23-21-52-19-17-50-15-12-46-32-34(47-45)4-1-2-13-57-35-7-9-37(10-8-35)58-36-5-3-6-36;1-19-9-10-24(17-20(2)34(18-30)21(3)31)33(19)16-13-25(22-7-5-4-6-8-22)32-26(35)23-11-14-27(28,29)15-12-23;1-2/h7-10,30-32,36H,1-6,11-29,45H2;4-8,18-20,23-25,30-31H,9-17H2,1-3H3,(H,32,35);1-2H3/b46-32?,47-34-;;. The van der Waals surface area contributed by atoms with Gasteiger partial charge in [0, 0.05) is 61.8 Å². The lowest BCUT2D eigenvalue weighted by Gasteiger charge is -2.34. The number of hydrogen-bond donors (Lipinski definition) is 4. The first kappa shape index (κ1) is 82.2. The predicted molar refractivity (Wildman–Crippen MR) is 360 cm³/mol. The molecule has 5 N–H and O–H groups in total. The number of nitrogens with two attached hydrogens (primary N) is 1. The fourth-order valence-electron chi connectivity index (χ4n) is 10.7. The zero-order valence-electron chi connectivity index (χ0n) is 57.1. The van der Waals surface area contributed by atoms with Crippen molar-refractivity contribution < 1.29 is 83.6 Å². The van der Waals surface area contributed by atoms with Crippen LogP contribution in [0.25, 0.3) is 0 Å². The first-order valence-electron chi connectivity index (χ1n) is 34.0. The van der Waals surface area contributed by atoms with Crippen molar-refractivity contribution in [2.24, 2.45) is 21.9 Å². The van der Waals surface area contributed by atoms with Crippen LogP contribution in [0.3, 0.4) is 0 Å². The Kier molecular flexibility index (Phi) is 42.2. The lowest BCUT2D eigenvalue weighted by Crippen LogP contribution is -2.43. The van der Waals surface area contributed by atoms with E-state index in [2.05, 4.69) is 38.9 Å². The first-order chi connectivity index (χ1) is 46.5. The van der Waals surface area contributed by atoms with Crippen molar-refractivity contribution in [2.45, 2.75) is 167 Å². The topological polar surface area (TPSA) is 253 Å². The first-order valence-corrected chi connectivity index (χ1v) is 34.0. The van der Waals surface area contributed by atoms with Gasteiger partial charge in [-0.3, -0.25) is 30.3 Å². The number of unbranched alkanes of at least 4 members (excludes halogenated alkanes) is 1. The Labute approximate surface area is 564 Å². The number of rotatable bonds is 47. The van der Waals surface area contributed by atoms with E-state index in [1.54, 1.807) is 18.0 Å². The largest absolute Gasteiger partial charge is 0.494 e. The van der Waals surface area contributed by atoms with Crippen molar-refractivity contribution >= 4 is 36.0 Å². The second-order valence-electron chi connectivity index (χ2n) is 23.3. The third kappa shape index (κ3) is 34.3. The number of hydrogen-bond acceptors (Lipinski definition) is 19. The van der Waals surface area contributed by atoms with Gasteiger partial charge in [-0.2, -0.15) is 5.10 Å². The normalized spacial score (nSPS) is 17.1. The molecule has 3 fully saturated rings. The van der Waals surface area contributed by atoms with E-state index in [1.165, 1.54) is 12.8 Å². The number of carbonyl (C=O) groups is 2. The Balaban J connectivity index is 0.000000449. The molecule has 3 aromatic rings. The zero-order valence-corrected chi connectivity index (χ0v) is 57.1. The molecule has 2 saturated carbocycles. The van der Waals surface area contributed by atoms with Crippen molar-refractivity contribution in [1.29, 1.82) is 10.8 Å². The van der Waals surface area contributed by atoms with E-state index in [0.29, 0.717) is 135 Å². The second kappa shape index (κ2) is 49.3. The number of amidine groups is 1. The van der Waals surface area contributed by atoms with Crippen LogP contribution >= 0.6 is 0 Å². The van der Waals surface area contributed by atoms with Crippen molar-refractivity contribution in [3.8, 4) is 17.2 Å². The molecule has 1 aliphatic heterocycles. The molecular formula is C70H107F5N8O13. The monoisotopic (exact) mass is 1360 g/mol. The molecule has 1 heterocycles. The van der Waals surface area contributed by atoms with E-state index in [4.69, 9.17) is 64.0 Å². The predicted octanol–water partition coefficient (Wildman–Crippen LogP) is 11.7. The summed E-state index contributed by atoms with van der Waals surface area (Å²) in [5.41, 5.74) is 1.77. The van der Waals surface area contributed by atoms with Crippen LogP contribution in [0.1, 0.15) is 143 Å². The lowest BCUT2D eigenvalue weighted by molar-refractivity contribution is -0.136. The number of likely N-dealkylation sites (tertiary alicyclic amines) is 1. The van der Waals surface area contributed by atoms with Crippen molar-refractivity contribution in [3.63, 3.8) is 0 Å². The van der Waals surface area contributed by atoms with Crippen molar-refractivity contribution in [1.82, 2.24) is 15.1 Å². The van der Waals surface area contributed by atoms with Crippen LogP contribution in [0.4, 0.5) is 22.0 Å². The molecule has 4 atom stereocenters. The molecule has 96 heavy (non-hydrogen) atoms. The van der Waals surface area contributed by atoms with Gasteiger partial charge in [-0.25, -0.2) is 22.0 Å². The molecule has 0 aromatic heterocycles. The summed E-state index contributed by atoms with van der Waals surface area (Å²) in [6.45, 7) is 17.9. The zero-order chi connectivity index (χ0) is 69.6. The maximum absolute atomic E-state index is 13.6. The number of nitrogens with one attached hydrogen (secondary N) is 3. The van der Waals surface area contributed by atoms with Crippen molar-refractivity contribution in [2.75, 3.05) is 125 Å². The summed E-state index contributed by atoms with van der Waals surface area (Å²) in [6, 6.07) is 19.2. The number of carbonyl (C=O) groups excluding carboxylic acids is 2. The van der Waals surface area contributed by atoms with Crippen LogP contribution in [-0.2, 0) is 47.5 Å². The third-order valence-electron chi connectivity index (χ3n) is 16.1. The number of nitrogens with zero attached hydrogens (tertiary/aromatic N) is 4. The van der Waals surface area contributed by atoms with E-state index < -0.39 is 35.1 Å². The van der Waals surface area contributed by atoms with Crippen LogP contribution in [0, 0.1) is 34.2 Å². The molecule has 3 aromatic carbocycles. The van der Waals surface area contributed by atoms with E-state index in [1.807, 2.05) is 68.4 Å². The highest BCUT2D eigenvalue weighted by molar-refractivity contribution is 6.30. The van der Waals surface area contributed by atoms with Gasteiger partial charge >= 0.3 is 5.97 Å². The van der Waals surface area contributed by atoms with Gasteiger partial charge in [0.2, 0.25) is 17.6 Å². The van der Waals surface area contributed by atoms with Gasteiger partial charge in [-0.05, 0) is 128 Å². The average molecular weight is 1360 g/mol. The van der Waals surface area contributed by atoms with E-state index in [-0.39, 0.29) is 75.8 Å². The van der Waals surface area contributed by atoms with Gasteiger partial charge in [0.15, 0.2) is 11.6 Å². The fraction of sp³-hybridized carbons (Fsp3) is 0.657. The number of esters is 1. The van der Waals surface area contributed by atoms with E-state index in [9.17, 15) is 31.5 Å². The van der Waals surface area contributed by atoms with E-state index >= 15 is 0 Å². The number of aliphatic imine (C=N–C) groups is 1. The average Bonchev–Trinajstić information content (AvgIpc) is 1.41. The number of halogens is 5. The minimum Gasteiger partial charge on any atom is -0.494 e. The van der Waals surface area contributed by atoms with Gasteiger partial charge < -0.3 is 68.2 Å². The second-order valence-corrected chi connectivity index (χ2v) is 23.3.